The lowest BCUT2D eigenvalue weighted by Gasteiger charge is -2.28. The predicted molar refractivity (Wildman–Crippen MR) is 166 cm³/mol. The van der Waals surface area contributed by atoms with E-state index in [1.807, 2.05) is 42.6 Å². The van der Waals surface area contributed by atoms with E-state index in [2.05, 4.69) is 11.1 Å². The van der Waals surface area contributed by atoms with Gasteiger partial charge in [-0.2, -0.15) is 0 Å². The smallest absolute Gasteiger partial charge is 0.254 e. The number of aromatic nitrogens is 1. The molecular formula is C32H35Cl2N3O5. The number of rotatable bonds is 14. The van der Waals surface area contributed by atoms with Crippen LogP contribution in [0.3, 0.4) is 0 Å². The highest BCUT2D eigenvalue weighted by atomic mass is 35.5. The van der Waals surface area contributed by atoms with Gasteiger partial charge in [-0.1, -0.05) is 47.5 Å². The zero-order chi connectivity index (χ0) is 30.1. The fourth-order valence-electron chi connectivity index (χ4n) is 4.81. The Morgan fingerprint density at radius 3 is 2.38 bits per heavy atom. The number of H-pyrrole nitrogens is 1. The first-order valence-corrected chi connectivity index (χ1v) is 14.4. The average molecular weight is 613 g/mol. The van der Waals surface area contributed by atoms with Crippen LogP contribution in [0.5, 0.6) is 11.5 Å². The number of hydrogen-bond acceptors (Lipinski definition) is 5. The number of nitrogens with zero attached hydrogens (tertiary/aromatic N) is 2. The number of fused-ring (bicyclic) bond motifs is 1. The van der Waals surface area contributed by atoms with Gasteiger partial charge in [-0.25, -0.2) is 0 Å². The van der Waals surface area contributed by atoms with Crippen molar-refractivity contribution in [2.45, 2.75) is 19.4 Å². The van der Waals surface area contributed by atoms with Gasteiger partial charge < -0.3 is 29.0 Å². The Kier molecular flexibility index (Phi) is 11.1. The van der Waals surface area contributed by atoms with Crippen LogP contribution in [0.25, 0.3) is 10.9 Å². The molecule has 0 atom stereocenters. The van der Waals surface area contributed by atoms with Gasteiger partial charge in [-0.15, -0.1) is 0 Å². The number of carbonyl (C=O) groups excluding carboxylic acids is 2. The maximum atomic E-state index is 13.9. The first-order valence-electron chi connectivity index (χ1n) is 13.6. The van der Waals surface area contributed by atoms with Crippen molar-refractivity contribution in [3.63, 3.8) is 0 Å². The van der Waals surface area contributed by atoms with Gasteiger partial charge in [-0.05, 0) is 60.4 Å². The average Bonchev–Trinajstić information content (AvgIpc) is 3.42. The van der Waals surface area contributed by atoms with E-state index in [9.17, 15) is 9.59 Å². The maximum absolute atomic E-state index is 13.9. The first-order chi connectivity index (χ1) is 20.3. The van der Waals surface area contributed by atoms with Crippen molar-refractivity contribution < 1.29 is 23.8 Å². The molecule has 42 heavy (non-hydrogen) atoms. The second-order valence-corrected chi connectivity index (χ2v) is 10.6. The molecule has 4 aromatic rings. The molecule has 3 aromatic carbocycles. The lowest BCUT2D eigenvalue weighted by molar-refractivity contribution is -0.132. The lowest BCUT2D eigenvalue weighted by Crippen LogP contribution is -2.44. The van der Waals surface area contributed by atoms with Crippen LogP contribution in [-0.4, -0.2) is 74.2 Å². The Labute approximate surface area is 256 Å². The minimum absolute atomic E-state index is 0.107. The van der Waals surface area contributed by atoms with Crippen molar-refractivity contribution in [3.8, 4) is 11.5 Å². The highest BCUT2D eigenvalue weighted by molar-refractivity contribution is 6.42. The van der Waals surface area contributed by atoms with Crippen molar-refractivity contribution in [2.75, 3.05) is 47.6 Å². The number of para-hydroxylation sites is 1. The molecule has 0 saturated carbocycles. The van der Waals surface area contributed by atoms with E-state index in [4.69, 9.17) is 37.4 Å². The molecular weight excluding hydrogens is 577 g/mol. The van der Waals surface area contributed by atoms with Crippen LogP contribution < -0.4 is 9.47 Å². The minimum Gasteiger partial charge on any atom is -0.493 e. The standard InChI is InChI=1S/C32H35Cl2N3O5/c1-40-16-6-14-37(32(39)23-10-11-26(33)27(34)18-23)21-31(38)36(20-22-9-12-29(41-2)30(17-22)42-3)15-13-24-19-35-28-8-5-4-7-25(24)28/h4-5,7-12,17-19,35H,6,13-16,20-21H2,1-3H3. The fourth-order valence-corrected chi connectivity index (χ4v) is 5.11. The van der Waals surface area contributed by atoms with Crippen molar-refractivity contribution in [3.05, 3.63) is 93.6 Å². The third-order valence-corrected chi connectivity index (χ3v) is 7.80. The first kappa shape index (κ1) is 31.2. The summed E-state index contributed by atoms with van der Waals surface area (Å²) in [5.41, 5.74) is 3.39. The molecule has 222 valence electrons. The van der Waals surface area contributed by atoms with Crippen molar-refractivity contribution in [2.24, 2.45) is 0 Å². The molecule has 0 fully saturated rings. The number of nitrogens with one attached hydrogen (secondary N) is 1. The summed E-state index contributed by atoms with van der Waals surface area (Å²) in [4.78, 5) is 34.1. The minimum atomic E-state index is -0.305. The Morgan fingerprint density at radius 2 is 1.64 bits per heavy atom. The van der Waals surface area contributed by atoms with E-state index in [1.165, 1.54) is 11.0 Å². The van der Waals surface area contributed by atoms with Crippen LogP contribution in [0.1, 0.15) is 27.9 Å². The van der Waals surface area contributed by atoms with Gasteiger partial charge >= 0.3 is 0 Å². The van der Waals surface area contributed by atoms with Gasteiger partial charge in [0.2, 0.25) is 5.91 Å². The lowest BCUT2D eigenvalue weighted by atomic mass is 10.1. The highest BCUT2D eigenvalue weighted by Gasteiger charge is 2.24. The number of halogens is 2. The Balaban J connectivity index is 1.59. The zero-order valence-corrected chi connectivity index (χ0v) is 25.5. The summed E-state index contributed by atoms with van der Waals surface area (Å²) in [5, 5.41) is 1.75. The van der Waals surface area contributed by atoms with Crippen LogP contribution in [0, 0.1) is 0 Å². The van der Waals surface area contributed by atoms with Crippen molar-refractivity contribution in [1.29, 1.82) is 0 Å². The van der Waals surface area contributed by atoms with Crippen molar-refractivity contribution in [1.82, 2.24) is 14.8 Å². The molecule has 0 bridgehead atoms. The summed E-state index contributed by atoms with van der Waals surface area (Å²) in [6.07, 6.45) is 3.18. The summed E-state index contributed by atoms with van der Waals surface area (Å²) in [6, 6.07) is 18.4. The van der Waals surface area contributed by atoms with E-state index < -0.39 is 0 Å². The van der Waals surface area contributed by atoms with Gasteiger partial charge in [0.1, 0.15) is 6.54 Å². The van der Waals surface area contributed by atoms with Crippen LogP contribution in [-0.2, 0) is 22.5 Å². The summed E-state index contributed by atoms with van der Waals surface area (Å²) < 4.78 is 16.1. The Hall–Kier alpha value is -3.72. The zero-order valence-electron chi connectivity index (χ0n) is 24.0. The molecule has 8 nitrogen and oxygen atoms in total. The molecule has 0 aliphatic rings. The fraction of sp³-hybridized carbons (Fsp3) is 0.312. The monoisotopic (exact) mass is 611 g/mol. The van der Waals surface area contributed by atoms with E-state index in [1.54, 1.807) is 38.4 Å². The van der Waals surface area contributed by atoms with Gasteiger partial charge in [0.05, 0.1) is 24.3 Å². The molecule has 0 unspecified atom stereocenters. The summed E-state index contributed by atoms with van der Waals surface area (Å²) in [6.45, 7) is 1.46. The number of ether oxygens (including phenoxy) is 3. The normalized spacial score (nSPS) is 11.0. The largest absolute Gasteiger partial charge is 0.493 e. The molecule has 0 saturated heterocycles. The van der Waals surface area contributed by atoms with E-state index >= 15 is 0 Å². The van der Waals surface area contributed by atoms with Gasteiger partial charge in [0, 0.05) is 56.0 Å². The van der Waals surface area contributed by atoms with Crippen LogP contribution in [0.2, 0.25) is 10.0 Å². The second-order valence-electron chi connectivity index (χ2n) is 9.82. The number of hydrogen-bond donors (Lipinski definition) is 1. The third-order valence-electron chi connectivity index (χ3n) is 7.06. The van der Waals surface area contributed by atoms with Gasteiger partial charge in [0.15, 0.2) is 11.5 Å². The number of benzene rings is 3. The maximum Gasteiger partial charge on any atom is 0.254 e. The van der Waals surface area contributed by atoms with Crippen LogP contribution in [0.15, 0.2) is 66.9 Å². The predicted octanol–water partition coefficient (Wildman–Crippen LogP) is 6.24. The molecule has 0 radical (unpaired) electrons. The SMILES string of the molecule is COCCCN(CC(=O)N(CCc1c[nH]c2ccccc12)Cc1ccc(OC)c(OC)c1)C(=O)c1ccc(Cl)c(Cl)c1. The molecule has 10 heteroatoms. The van der Waals surface area contributed by atoms with Crippen molar-refractivity contribution >= 4 is 45.9 Å². The molecule has 0 aliphatic heterocycles. The quantitative estimate of drug-likeness (QED) is 0.171. The molecule has 1 heterocycles. The Bertz CT molecular complexity index is 1520. The topological polar surface area (TPSA) is 84.1 Å². The summed E-state index contributed by atoms with van der Waals surface area (Å²) >= 11 is 12.3. The second kappa shape index (κ2) is 15.0. The molecule has 1 N–H and O–H groups in total. The van der Waals surface area contributed by atoms with E-state index in [0.717, 1.165) is 22.0 Å². The van der Waals surface area contributed by atoms with Gasteiger partial charge in [0.25, 0.3) is 5.91 Å². The molecule has 4 rings (SSSR count). The van der Waals surface area contributed by atoms with Gasteiger partial charge in [-0.3, -0.25) is 9.59 Å². The highest BCUT2D eigenvalue weighted by Crippen LogP contribution is 2.28. The third kappa shape index (κ3) is 7.76. The summed E-state index contributed by atoms with van der Waals surface area (Å²) in [5.74, 6) is 0.695. The van der Waals surface area contributed by atoms with E-state index in [0.29, 0.717) is 61.2 Å². The number of methoxy groups -OCH3 is 3. The molecule has 0 aliphatic carbocycles. The Morgan fingerprint density at radius 1 is 0.857 bits per heavy atom. The van der Waals surface area contributed by atoms with Crippen LogP contribution in [0.4, 0.5) is 0 Å². The van der Waals surface area contributed by atoms with Crippen LogP contribution >= 0.6 is 23.2 Å². The number of amides is 2. The summed E-state index contributed by atoms with van der Waals surface area (Å²) in [7, 11) is 4.76. The van der Waals surface area contributed by atoms with E-state index in [-0.39, 0.29) is 23.4 Å². The molecule has 2 amide bonds. The molecule has 1 aromatic heterocycles. The molecule has 0 spiro atoms. The number of carbonyl (C=O) groups is 2. The number of aromatic amines is 1.